The third-order valence-electron chi connectivity index (χ3n) is 5.32. The summed E-state index contributed by atoms with van der Waals surface area (Å²) in [5.74, 6) is 0. The van der Waals surface area contributed by atoms with Crippen molar-refractivity contribution in [2.45, 2.75) is 105 Å². The van der Waals surface area contributed by atoms with Gasteiger partial charge in [-0.1, -0.05) is 116 Å². The van der Waals surface area contributed by atoms with Crippen LogP contribution in [0.15, 0.2) is 36.4 Å². The molecule has 3 N–H and O–H groups in total. The molecule has 1 rings (SSSR count). The highest BCUT2D eigenvalue weighted by atomic mass is 16.0. The summed E-state index contributed by atoms with van der Waals surface area (Å²) in [6, 6.07) is 12.0. The summed E-state index contributed by atoms with van der Waals surface area (Å²) in [7, 11) is 2.21. The Labute approximate surface area is 191 Å². The van der Waals surface area contributed by atoms with Gasteiger partial charge in [-0.05, 0) is 25.7 Å². The maximum Gasteiger partial charge on any atom is 0.101 e. The van der Waals surface area contributed by atoms with E-state index in [1.807, 2.05) is 36.4 Å². The number of quaternary nitrogens is 1. The molecule has 0 saturated heterocycles. The number of hydrogen-bond donors (Lipinski definition) is 0. The highest BCUT2D eigenvalue weighted by Gasteiger charge is 2.24. The first kappa shape index (κ1) is 36.5. The maximum atomic E-state index is 2.33. The lowest BCUT2D eigenvalue weighted by molar-refractivity contribution is -0.929. The van der Waals surface area contributed by atoms with Crippen molar-refractivity contribution >= 4 is 7.85 Å². The SMILES string of the molecule is BCCCC.CCCC[N+](CCCC)(CCCC)CCCC.O.[OH-].c1ccccc1. The predicted molar refractivity (Wildman–Crippen MR) is 140 cm³/mol. The molecule has 0 bridgehead atoms. The fraction of sp³-hybridized carbons (Fsp3) is 0.769. The third kappa shape index (κ3) is 25.2. The van der Waals surface area contributed by atoms with E-state index in [-0.39, 0.29) is 11.0 Å². The minimum Gasteiger partial charge on any atom is -0.870 e. The molecule has 1 aromatic carbocycles. The van der Waals surface area contributed by atoms with E-state index in [0.29, 0.717) is 0 Å². The van der Waals surface area contributed by atoms with Gasteiger partial charge in [0.15, 0.2) is 0 Å². The molecule has 0 fully saturated rings. The number of rotatable bonds is 14. The number of nitrogens with zero attached hydrogens (tertiary/aromatic N) is 1. The number of benzene rings is 1. The van der Waals surface area contributed by atoms with Gasteiger partial charge in [0.05, 0.1) is 26.2 Å². The third-order valence-corrected chi connectivity index (χ3v) is 5.32. The first-order valence-electron chi connectivity index (χ1n) is 12.5. The van der Waals surface area contributed by atoms with Crippen LogP contribution in [0.4, 0.5) is 0 Å². The summed E-state index contributed by atoms with van der Waals surface area (Å²) in [4.78, 5) is 0. The molecule has 0 aliphatic rings. The molecule has 0 aliphatic carbocycles. The molecule has 0 aliphatic heterocycles. The first-order valence-corrected chi connectivity index (χ1v) is 12.5. The van der Waals surface area contributed by atoms with Gasteiger partial charge < -0.3 is 15.4 Å². The van der Waals surface area contributed by atoms with E-state index in [1.54, 1.807) is 0 Å². The van der Waals surface area contributed by atoms with Crippen LogP contribution in [0.3, 0.4) is 0 Å². The molecule has 0 heterocycles. The Hall–Kier alpha value is -0.835. The summed E-state index contributed by atoms with van der Waals surface area (Å²) < 4.78 is 1.42. The lowest BCUT2D eigenvalue weighted by atomic mass is 10.0. The molecule has 0 atom stereocenters. The molecule has 4 heteroatoms. The summed E-state index contributed by atoms with van der Waals surface area (Å²) in [6.45, 7) is 17.2. The highest BCUT2D eigenvalue weighted by Crippen LogP contribution is 2.16. The molecule has 0 unspecified atom stereocenters. The standard InChI is InChI=1S/C16H36N.C6H6.C4H11B.2H2O/c1-5-9-13-17(14-10-6-2,15-11-7-3)16-12-8-4;1-2-4-6-5-3-1;1-2-3-4-5;;/h5-16H2,1-4H3;1-6H;2-5H2,1H3;2*1H2/q+1;;;;/p-1. The molecule has 1 aromatic rings. The molecular formula is C26H56BNO2. The second-order valence-electron chi connectivity index (χ2n) is 8.16. The van der Waals surface area contributed by atoms with Crippen molar-refractivity contribution in [3.05, 3.63) is 36.4 Å². The quantitative estimate of drug-likeness (QED) is 0.247. The van der Waals surface area contributed by atoms with Gasteiger partial charge in [0.25, 0.3) is 0 Å². The lowest BCUT2D eigenvalue weighted by Gasteiger charge is -2.39. The smallest absolute Gasteiger partial charge is 0.101 e. The minimum absolute atomic E-state index is 0. The van der Waals surface area contributed by atoms with E-state index in [4.69, 9.17) is 0 Å². The van der Waals surface area contributed by atoms with E-state index in [9.17, 15) is 0 Å². The number of hydrogen-bond acceptors (Lipinski definition) is 1. The Kier molecular flexibility index (Phi) is 37.0. The van der Waals surface area contributed by atoms with Crippen molar-refractivity contribution in [3.63, 3.8) is 0 Å². The van der Waals surface area contributed by atoms with Crippen LogP contribution in [0.2, 0.25) is 6.32 Å². The van der Waals surface area contributed by atoms with Crippen molar-refractivity contribution in [1.82, 2.24) is 0 Å². The van der Waals surface area contributed by atoms with E-state index in [2.05, 4.69) is 42.5 Å². The Morgan fingerprint density at radius 3 is 0.867 bits per heavy atom. The number of unbranched alkanes of at least 4 members (excludes halogenated alkanes) is 5. The van der Waals surface area contributed by atoms with Gasteiger partial charge in [-0.25, -0.2) is 0 Å². The van der Waals surface area contributed by atoms with Crippen molar-refractivity contribution in [2.75, 3.05) is 26.2 Å². The zero-order valence-corrected chi connectivity index (χ0v) is 21.5. The van der Waals surface area contributed by atoms with Crippen LogP contribution in [0.5, 0.6) is 0 Å². The average Bonchev–Trinajstić information content (AvgIpc) is 2.75. The molecule has 0 radical (unpaired) electrons. The monoisotopic (exact) mass is 425 g/mol. The maximum absolute atomic E-state index is 2.33. The van der Waals surface area contributed by atoms with Crippen LogP contribution >= 0.6 is 0 Å². The van der Waals surface area contributed by atoms with Gasteiger partial charge >= 0.3 is 0 Å². The minimum atomic E-state index is 0. The van der Waals surface area contributed by atoms with E-state index in [0.717, 1.165) is 0 Å². The summed E-state index contributed by atoms with van der Waals surface area (Å²) in [6.07, 6.45) is 15.1. The molecule has 180 valence electrons. The molecule has 0 amide bonds. The Morgan fingerprint density at radius 1 is 0.500 bits per heavy atom. The largest absolute Gasteiger partial charge is 0.870 e. The summed E-state index contributed by atoms with van der Waals surface area (Å²) in [5.41, 5.74) is 0. The molecule has 0 aromatic heterocycles. The zero-order valence-electron chi connectivity index (χ0n) is 21.5. The topological polar surface area (TPSA) is 61.5 Å². The van der Waals surface area contributed by atoms with E-state index in [1.165, 1.54) is 101 Å². The molecular weight excluding hydrogens is 369 g/mol. The van der Waals surface area contributed by atoms with Crippen molar-refractivity contribution in [3.8, 4) is 0 Å². The fourth-order valence-electron chi connectivity index (χ4n) is 3.38. The van der Waals surface area contributed by atoms with Gasteiger partial charge in [0.1, 0.15) is 7.85 Å². The van der Waals surface area contributed by atoms with Crippen molar-refractivity contribution in [1.29, 1.82) is 0 Å². The van der Waals surface area contributed by atoms with Crippen LogP contribution in [0, 0.1) is 0 Å². The normalized spacial score (nSPS) is 9.77. The van der Waals surface area contributed by atoms with Crippen LogP contribution in [0.1, 0.15) is 98.8 Å². The molecule has 0 saturated carbocycles. The summed E-state index contributed by atoms with van der Waals surface area (Å²) >= 11 is 0. The van der Waals surface area contributed by atoms with E-state index < -0.39 is 0 Å². The molecule has 30 heavy (non-hydrogen) atoms. The van der Waals surface area contributed by atoms with Crippen LogP contribution in [-0.4, -0.2) is 49.5 Å². The Bertz CT molecular complexity index is 310. The van der Waals surface area contributed by atoms with Gasteiger partial charge in [-0.2, -0.15) is 0 Å². The van der Waals surface area contributed by atoms with Gasteiger partial charge in [-0.15, -0.1) is 0 Å². The Morgan fingerprint density at radius 2 is 0.733 bits per heavy atom. The second kappa shape index (κ2) is 30.4. The second-order valence-corrected chi connectivity index (χ2v) is 8.16. The van der Waals surface area contributed by atoms with Crippen LogP contribution in [-0.2, 0) is 0 Å². The predicted octanol–water partition coefficient (Wildman–Crippen LogP) is 6.53. The van der Waals surface area contributed by atoms with Crippen LogP contribution < -0.4 is 0 Å². The zero-order chi connectivity index (χ0) is 21.3. The van der Waals surface area contributed by atoms with Crippen LogP contribution in [0.25, 0.3) is 0 Å². The fourth-order valence-corrected chi connectivity index (χ4v) is 3.38. The first-order chi connectivity index (χ1) is 13.7. The van der Waals surface area contributed by atoms with Gasteiger partial charge in [0, 0.05) is 0 Å². The van der Waals surface area contributed by atoms with Crippen molar-refractivity contribution < 1.29 is 15.4 Å². The average molecular weight is 426 g/mol. The van der Waals surface area contributed by atoms with Crippen molar-refractivity contribution in [2.24, 2.45) is 0 Å². The highest BCUT2D eigenvalue weighted by molar-refractivity contribution is 6.08. The van der Waals surface area contributed by atoms with Gasteiger partial charge in [-0.3, -0.25) is 0 Å². The molecule has 0 spiro atoms. The summed E-state index contributed by atoms with van der Waals surface area (Å²) in [5, 5.41) is 0. The lowest BCUT2D eigenvalue weighted by Crippen LogP contribution is -2.50. The van der Waals surface area contributed by atoms with Gasteiger partial charge in [0.2, 0.25) is 0 Å². The molecule has 3 nitrogen and oxygen atoms in total. The van der Waals surface area contributed by atoms with E-state index >= 15 is 0 Å². The Balaban J connectivity index is -0.000000213.